The molecular formula is C21H21CuF3N6S2. The molecule has 0 heterocycles. The van der Waals surface area contributed by atoms with E-state index in [0.717, 1.165) is 5.56 Å². The monoisotopic (exact) mass is 541 g/mol. The van der Waals surface area contributed by atoms with Crippen molar-refractivity contribution in [2.45, 2.75) is 20.0 Å². The van der Waals surface area contributed by atoms with Crippen molar-refractivity contribution in [2.24, 2.45) is 20.4 Å². The number of alkyl halides is 3. The first-order chi connectivity index (χ1) is 15.2. The molecule has 0 aliphatic heterocycles. The van der Waals surface area contributed by atoms with Gasteiger partial charge in [-0.05, 0) is 24.2 Å². The van der Waals surface area contributed by atoms with Crippen LogP contribution in [0.3, 0.4) is 0 Å². The molecule has 2 aromatic rings. The van der Waals surface area contributed by atoms with Crippen LogP contribution < -0.4 is 10.6 Å². The molecule has 0 aliphatic rings. The van der Waals surface area contributed by atoms with E-state index < -0.39 is 17.9 Å². The Hall–Kier alpha value is -2.53. The average Bonchev–Trinajstić information content (AvgIpc) is 2.75. The summed E-state index contributed by atoms with van der Waals surface area (Å²) in [5, 5.41) is 20.9. The second kappa shape index (κ2) is 13.9. The minimum absolute atomic E-state index is 0. The Labute approximate surface area is 212 Å². The van der Waals surface area contributed by atoms with Gasteiger partial charge in [-0.3, -0.25) is 0 Å². The van der Waals surface area contributed by atoms with Crippen LogP contribution in [0, 0.1) is 6.92 Å². The van der Waals surface area contributed by atoms with Gasteiger partial charge in [0.1, 0.15) is 18.0 Å². The zero-order valence-corrected chi connectivity index (χ0v) is 20.2. The predicted molar refractivity (Wildman–Crippen MR) is 128 cm³/mol. The van der Waals surface area contributed by atoms with Gasteiger partial charge in [-0.1, -0.05) is 60.2 Å². The summed E-state index contributed by atoms with van der Waals surface area (Å²) in [5.41, 5.74) is 2.94. The summed E-state index contributed by atoms with van der Waals surface area (Å²) in [4.78, 5) is 0. The molecule has 12 heteroatoms. The summed E-state index contributed by atoms with van der Waals surface area (Å²) < 4.78 is 37.4. The van der Waals surface area contributed by atoms with Crippen LogP contribution in [0.5, 0.6) is 0 Å². The van der Waals surface area contributed by atoms with Gasteiger partial charge in [0, 0.05) is 17.7 Å². The summed E-state index contributed by atoms with van der Waals surface area (Å²) in [5.74, 6) is 0. The van der Waals surface area contributed by atoms with Crippen molar-refractivity contribution >= 4 is 47.0 Å². The number of nitrogens with zero attached hydrogens (tertiary/aromatic N) is 4. The fraction of sp³-hybridized carbons (Fsp3) is 0.238. The molecule has 2 aromatic carbocycles. The summed E-state index contributed by atoms with van der Waals surface area (Å²) >= 11 is 10.0. The maximum absolute atomic E-state index is 12.5. The Morgan fingerprint density at radius 3 is 1.76 bits per heavy atom. The number of aryl methyl sites for hydroxylation is 1. The molecule has 0 saturated carbocycles. The van der Waals surface area contributed by atoms with Crippen LogP contribution in [0.25, 0.3) is 0 Å². The zero-order chi connectivity index (χ0) is 23.6. The minimum Gasteiger partial charge on any atom is -0.741 e. The number of benzene rings is 2. The third-order valence-electron chi connectivity index (χ3n) is 3.85. The topological polar surface area (TPSA) is 73.5 Å². The predicted octanol–water partition coefficient (Wildman–Crippen LogP) is 3.67. The van der Waals surface area contributed by atoms with E-state index in [1.807, 2.05) is 49.5 Å². The molecule has 0 spiro atoms. The van der Waals surface area contributed by atoms with Gasteiger partial charge in [0.05, 0.1) is 0 Å². The van der Waals surface area contributed by atoms with Gasteiger partial charge in [-0.15, -0.1) is 10.2 Å². The minimum atomic E-state index is -4.43. The molecule has 0 unspecified atom stereocenters. The molecule has 0 amide bonds. The van der Waals surface area contributed by atoms with Crippen molar-refractivity contribution in [2.75, 3.05) is 13.1 Å². The first-order valence-electron chi connectivity index (χ1n) is 9.52. The van der Waals surface area contributed by atoms with Crippen molar-refractivity contribution in [1.29, 1.82) is 0 Å². The fourth-order valence-corrected chi connectivity index (χ4v) is 2.68. The van der Waals surface area contributed by atoms with E-state index in [4.69, 9.17) is 25.3 Å². The van der Waals surface area contributed by atoms with Gasteiger partial charge in [0.25, 0.3) is 0 Å². The van der Waals surface area contributed by atoms with Gasteiger partial charge in [0.15, 0.2) is 0 Å². The molecule has 0 atom stereocenters. The van der Waals surface area contributed by atoms with Crippen molar-refractivity contribution in [3.63, 3.8) is 0 Å². The Bertz CT molecular complexity index is 1010. The van der Waals surface area contributed by atoms with Gasteiger partial charge in [-0.2, -0.15) is 23.4 Å². The molecular weight excluding hydrogens is 521 g/mol. The Morgan fingerprint density at radius 1 is 0.788 bits per heavy atom. The summed E-state index contributed by atoms with van der Waals surface area (Å²) in [6.07, 6.45) is -4.43. The summed E-state index contributed by atoms with van der Waals surface area (Å²) in [7, 11) is 0. The number of hydrogen-bond acceptors (Lipinski definition) is 6. The number of hydrogen-bond donors (Lipinski definition) is 2. The third kappa shape index (κ3) is 10.3. The van der Waals surface area contributed by atoms with Crippen molar-refractivity contribution < 1.29 is 30.2 Å². The number of amidine groups is 2. The molecule has 179 valence electrons. The van der Waals surface area contributed by atoms with Crippen LogP contribution in [0.1, 0.15) is 23.6 Å². The molecule has 2 N–H and O–H groups in total. The average molecular weight is 542 g/mol. The maximum Gasteiger partial charge on any atom is 2.00 e. The van der Waals surface area contributed by atoms with E-state index in [9.17, 15) is 13.2 Å². The van der Waals surface area contributed by atoms with Gasteiger partial charge in [-0.25, -0.2) is 0 Å². The molecule has 0 aliphatic carbocycles. The van der Waals surface area contributed by atoms with Gasteiger partial charge in [0.2, 0.25) is 0 Å². The smallest absolute Gasteiger partial charge is 0.741 e. The van der Waals surface area contributed by atoms with Gasteiger partial charge >= 0.3 is 23.2 Å². The summed E-state index contributed by atoms with van der Waals surface area (Å²) in [6.45, 7) is 3.08. The third-order valence-corrected chi connectivity index (χ3v) is 4.30. The number of halogens is 3. The van der Waals surface area contributed by atoms with Crippen LogP contribution >= 0.6 is 0 Å². The van der Waals surface area contributed by atoms with Crippen molar-refractivity contribution in [3.05, 3.63) is 71.3 Å². The van der Waals surface area contributed by atoms with E-state index in [1.165, 1.54) is 0 Å². The van der Waals surface area contributed by atoms with Crippen LogP contribution in [-0.2, 0) is 42.3 Å². The SMILES string of the molecule is CCNC([S-])=NN=C(C(=NN=C([S-])NCC(F)(F)F)c1ccccc1)c1ccc(C)cc1.[Cu+2]. The second-order valence-corrected chi connectivity index (χ2v) is 7.21. The van der Waals surface area contributed by atoms with Crippen molar-refractivity contribution in [1.82, 2.24) is 10.6 Å². The quantitative estimate of drug-likeness (QED) is 0.184. The van der Waals surface area contributed by atoms with E-state index >= 15 is 0 Å². The second-order valence-electron chi connectivity index (χ2n) is 6.44. The first-order valence-corrected chi connectivity index (χ1v) is 10.3. The molecule has 2 rings (SSSR count). The molecule has 0 saturated heterocycles. The van der Waals surface area contributed by atoms with Gasteiger partial charge < -0.3 is 35.9 Å². The first kappa shape index (κ1) is 28.5. The Balaban J connectivity index is 0.00000544. The molecule has 0 bridgehead atoms. The largest absolute Gasteiger partial charge is 2.00 e. The number of nitrogens with one attached hydrogen (secondary N) is 2. The van der Waals surface area contributed by atoms with Crippen molar-refractivity contribution in [3.8, 4) is 0 Å². The van der Waals surface area contributed by atoms with Crippen LogP contribution in [0.15, 0.2) is 75.0 Å². The van der Waals surface area contributed by atoms with Crippen LogP contribution in [0.2, 0.25) is 0 Å². The maximum atomic E-state index is 12.5. The molecule has 33 heavy (non-hydrogen) atoms. The van der Waals surface area contributed by atoms with E-state index in [2.05, 4.69) is 25.7 Å². The van der Waals surface area contributed by atoms with E-state index in [-0.39, 0.29) is 27.9 Å². The van der Waals surface area contributed by atoms with E-state index in [1.54, 1.807) is 24.3 Å². The molecule has 6 nitrogen and oxygen atoms in total. The standard InChI is InChI=1S/C21H23F3N6S2.Cu/c1-3-25-19(31)29-28-18(16-11-9-14(2)10-12-16)17(15-7-5-4-6-8-15)27-30-20(32)26-13-21(22,23)24;/h4-12H,3,13H2,1-2H3,(H2,25,29,31)(H2,26,30,32);/q;+2/p-2. The summed E-state index contributed by atoms with van der Waals surface area (Å²) in [6, 6.07) is 16.4. The van der Waals surface area contributed by atoms with E-state index in [0.29, 0.717) is 23.4 Å². The fourth-order valence-electron chi connectivity index (χ4n) is 2.38. The molecule has 0 aromatic heterocycles. The Morgan fingerprint density at radius 2 is 1.27 bits per heavy atom. The molecule has 0 fully saturated rings. The zero-order valence-electron chi connectivity index (χ0n) is 17.7. The van der Waals surface area contributed by atoms with Crippen LogP contribution in [0.4, 0.5) is 13.2 Å². The Kier molecular flexibility index (Phi) is 12.0. The van der Waals surface area contributed by atoms with Crippen LogP contribution in [-0.4, -0.2) is 41.0 Å². The number of rotatable bonds is 7. The molecule has 1 radical (unpaired) electrons. The normalized spacial score (nSPS) is 13.4.